The van der Waals surface area contributed by atoms with Crippen LogP contribution in [0.1, 0.15) is 54.2 Å². The van der Waals surface area contributed by atoms with Crippen molar-refractivity contribution in [3.63, 3.8) is 0 Å². The van der Waals surface area contributed by atoms with Crippen molar-refractivity contribution in [2.45, 2.75) is 46.3 Å². The van der Waals surface area contributed by atoms with Crippen molar-refractivity contribution in [3.05, 3.63) is 57.9 Å². The fourth-order valence-corrected chi connectivity index (χ4v) is 3.83. The van der Waals surface area contributed by atoms with Gasteiger partial charge in [0.1, 0.15) is 16.9 Å². The topological polar surface area (TPSA) is 106 Å². The Bertz CT molecular complexity index is 1000. The largest absolute Gasteiger partial charge is 0.467 e. The molecule has 2 amide bonds. The van der Waals surface area contributed by atoms with Gasteiger partial charge >= 0.3 is 0 Å². The number of aromatic nitrogens is 1. The van der Waals surface area contributed by atoms with E-state index in [4.69, 9.17) is 9.15 Å². The lowest BCUT2D eigenvalue weighted by Crippen LogP contribution is -2.55. The van der Waals surface area contributed by atoms with Crippen LogP contribution in [-0.4, -0.2) is 59.7 Å². The Morgan fingerprint density at radius 1 is 1.09 bits per heavy atom. The van der Waals surface area contributed by atoms with Crippen molar-refractivity contribution < 1.29 is 18.7 Å². The first-order valence-corrected chi connectivity index (χ1v) is 11.3. The average molecular weight is 459 g/mol. The molecule has 9 nitrogen and oxygen atoms in total. The third kappa shape index (κ3) is 6.55. The second-order valence-electron chi connectivity index (χ2n) is 9.36. The summed E-state index contributed by atoms with van der Waals surface area (Å²) in [7, 11) is 0. The molecule has 1 fully saturated rings. The minimum atomic E-state index is -0.589. The molecule has 9 heteroatoms. The number of hydrogen-bond donors (Lipinski definition) is 2. The number of furan rings is 1. The Morgan fingerprint density at radius 2 is 1.73 bits per heavy atom. The first kappa shape index (κ1) is 24.7. The molecule has 0 atom stereocenters. The lowest BCUT2D eigenvalue weighted by Gasteiger charge is -2.40. The van der Waals surface area contributed by atoms with Crippen LogP contribution >= 0.6 is 0 Å². The zero-order valence-electron chi connectivity index (χ0n) is 19.8. The summed E-state index contributed by atoms with van der Waals surface area (Å²) in [4.78, 5) is 41.2. The smallest absolute Gasteiger partial charge is 0.257 e. The van der Waals surface area contributed by atoms with Crippen molar-refractivity contribution >= 4 is 11.8 Å². The van der Waals surface area contributed by atoms with Gasteiger partial charge in [0.15, 0.2) is 0 Å². The van der Waals surface area contributed by atoms with Gasteiger partial charge < -0.3 is 24.4 Å². The van der Waals surface area contributed by atoms with Gasteiger partial charge in [-0.1, -0.05) is 13.8 Å². The number of carbonyl (C=O) groups excluding carboxylic acids is 2. The normalized spacial score (nSPS) is 14.9. The monoisotopic (exact) mass is 458 g/mol. The molecule has 0 saturated carbocycles. The van der Waals surface area contributed by atoms with Gasteiger partial charge in [-0.3, -0.25) is 19.3 Å². The molecule has 0 radical (unpaired) electrons. The van der Waals surface area contributed by atoms with Crippen molar-refractivity contribution in [2.75, 3.05) is 32.8 Å². The van der Waals surface area contributed by atoms with E-state index < -0.39 is 17.2 Å². The average Bonchev–Trinajstić information content (AvgIpc) is 3.31. The molecule has 0 spiro atoms. The van der Waals surface area contributed by atoms with Crippen molar-refractivity contribution in [2.24, 2.45) is 5.92 Å². The molecule has 0 bridgehead atoms. The predicted molar refractivity (Wildman–Crippen MR) is 124 cm³/mol. The lowest BCUT2D eigenvalue weighted by atomic mass is 10.0. The van der Waals surface area contributed by atoms with E-state index in [0.717, 1.165) is 13.1 Å². The van der Waals surface area contributed by atoms with E-state index in [9.17, 15) is 14.4 Å². The summed E-state index contributed by atoms with van der Waals surface area (Å²) in [5.41, 5.74) is -0.996. The van der Waals surface area contributed by atoms with Crippen molar-refractivity contribution in [3.8, 4) is 0 Å². The van der Waals surface area contributed by atoms with E-state index in [1.54, 1.807) is 16.7 Å². The molecule has 0 aromatic carbocycles. The number of amides is 2. The summed E-state index contributed by atoms with van der Waals surface area (Å²) in [6, 6.07) is 3.46. The lowest BCUT2D eigenvalue weighted by molar-refractivity contribution is -0.00923. The highest BCUT2D eigenvalue weighted by molar-refractivity contribution is 5.99. The minimum absolute atomic E-state index is 0.0425. The second-order valence-corrected chi connectivity index (χ2v) is 9.36. The van der Waals surface area contributed by atoms with E-state index in [0.29, 0.717) is 32.1 Å². The molecular formula is C24H34N4O5. The van der Waals surface area contributed by atoms with Gasteiger partial charge in [-0.15, -0.1) is 0 Å². The molecule has 2 aromatic rings. The summed E-state index contributed by atoms with van der Waals surface area (Å²) >= 11 is 0. The number of pyridine rings is 1. The zero-order chi connectivity index (χ0) is 24.0. The number of ether oxygens (including phenoxy) is 1. The Morgan fingerprint density at radius 3 is 2.30 bits per heavy atom. The fraction of sp³-hybridized carbons (Fsp3) is 0.542. The predicted octanol–water partition coefficient (Wildman–Crippen LogP) is 1.87. The first-order valence-electron chi connectivity index (χ1n) is 11.3. The third-order valence-electron chi connectivity index (χ3n) is 5.70. The summed E-state index contributed by atoms with van der Waals surface area (Å²) < 4.78 is 12.4. The number of nitrogens with zero attached hydrogens (tertiary/aromatic N) is 2. The van der Waals surface area contributed by atoms with Crippen molar-refractivity contribution in [1.29, 1.82) is 0 Å². The van der Waals surface area contributed by atoms with Crippen LogP contribution in [0.3, 0.4) is 0 Å². The van der Waals surface area contributed by atoms with Crippen LogP contribution in [0.25, 0.3) is 0 Å². The number of morpholine rings is 1. The minimum Gasteiger partial charge on any atom is -0.467 e. The van der Waals surface area contributed by atoms with Gasteiger partial charge in [0.05, 0.1) is 26.0 Å². The van der Waals surface area contributed by atoms with Gasteiger partial charge in [0, 0.05) is 44.1 Å². The molecule has 1 aliphatic rings. The SMILES string of the molecule is CC(C)Cn1cc(C(=O)NCc2ccco2)c(=O)c(C(=O)NCC(C)(C)N2CCOCC2)c1. The highest BCUT2D eigenvalue weighted by atomic mass is 16.5. The van der Waals surface area contributed by atoms with Gasteiger partial charge in [-0.2, -0.15) is 0 Å². The fourth-order valence-electron chi connectivity index (χ4n) is 3.83. The summed E-state index contributed by atoms with van der Waals surface area (Å²) in [6.07, 6.45) is 4.55. The zero-order valence-corrected chi connectivity index (χ0v) is 19.8. The summed E-state index contributed by atoms with van der Waals surface area (Å²) in [5.74, 6) is -0.190. The molecule has 3 rings (SSSR count). The van der Waals surface area contributed by atoms with E-state index in [-0.39, 0.29) is 29.1 Å². The third-order valence-corrected chi connectivity index (χ3v) is 5.70. The van der Waals surface area contributed by atoms with Crippen LogP contribution in [0.2, 0.25) is 0 Å². The highest BCUT2D eigenvalue weighted by Gasteiger charge is 2.29. The van der Waals surface area contributed by atoms with E-state index in [1.807, 2.05) is 27.7 Å². The Balaban J connectivity index is 1.78. The van der Waals surface area contributed by atoms with Crippen LogP contribution in [0, 0.1) is 5.92 Å². The standard InChI is InChI=1S/C24H34N4O5/c1-17(2)13-27-14-19(22(30)25-12-18-6-5-9-33-18)21(29)20(15-27)23(31)26-16-24(3,4)28-7-10-32-11-8-28/h5-6,9,14-15,17H,7-8,10-13,16H2,1-4H3,(H,25,30)(H,26,31). The van der Waals surface area contributed by atoms with Gasteiger partial charge in [-0.05, 0) is 31.9 Å². The molecule has 33 heavy (non-hydrogen) atoms. The molecule has 2 aromatic heterocycles. The maximum atomic E-state index is 13.1. The van der Waals surface area contributed by atoms with E-state index in [1.165, 1.54) is 18.7 Å². The molecule has 0 aliphatic carbocycles. The Hall–Kier alpha value is -2.91. The number of hydrogen-bond acceptors (Lipinski definition) is 6. The molecule has 1 saturated heterocycles. The number of carbonyl (C=O) groups is 2. The second kappa shape index (κ2) is 10.8. The summed E-state index contributed by atoms with van der Waals surface area (Å²) in [5, 5.41) is 5.59. The molecule has 1 aliphatic heterocycles. The van der Waals surface area contributed by atoms with Crippen LogP contribution in [-0.2, 0) is 17.8 Å². The number of rotatable bonds is 9. The van der Waals surface area contributed by atoms with Gasteiger partial charge in [0.2, 0.25) is 5.43 Å². The van der Waals surface area contributed by atoms with Crippen LogP contribution < -0.4 is 16.1 Å². The van der Waals surface area contributed by atoms with Gasteiger partial charge in [-0.25, -0.2) is 0 Å². The van der Waals surface area contributed by atoms with Crippen LogP contribution in [0.15, 0.2) is 40.0 Å². The molecule has 3 heterocycles. The van der Waals surface area contributed by atoms with E-state index >= 15 is 0 Å². The maximum absolute atomic E-state index is 13.1. The highest BCUT2D eigenvalue weighted by Crippen LogP contribution is 2.15. The Labute approximate surface area is 194 Å². The van der Waals surface area contributed by atoms with Crippen LogP contribution in [0.5, 0.6) is 0 Å². The summed E-state index contributed by atoms with van der Waals surface area (Å²) in [6.45, 7) is 12.1. The van der Waals surface area contributed by atoms with Crippen molar-refractivity contribution in [1.82, 2.24) is 20.1 Å². The Kier molecular flexibility index (Phi) is 8.10. The van der Waals surface area contributed by atoms with Gasteiger partial charge in [0.25, 0.3) is 11.8 Å². The molecule has 2 N–H and O–H groups in total. The van der Waals surface area contributed by atoms with E-state index in [2.05, 4.69) is 15.5 Å². The quantitative estimate of drug-likeness (QED) is 0.594. The van der Waals surface area contributed by atoms with Crippen LogP contribution in [0.4, 0.5) is 0 Å². The molecule has 0 unspecified atom stereocenters. The maximum Gasteiger partial charge on any atom is 0.257 e. The molecule has 180 valence electrons. The first-order chi connectivity index (χ1) is 15.7. The number of nitrogens with one attached hydrogen (secondary N) is 2. The molecular weight excluding hydrogens is 424 g/mol.